The quantitative estimate of drug-likeness (QED) is 0.713. The number of hydrogen-bond acceptors (Lipinski definition) is 2. The molecule has 0 saturated heterocycles. The van der Waals surface area contributed by atoms with Gasteiger partial charge < -0.3 is 10.2 Å². The van der Waals surface area contributed by atoms with Gasteiger partial charge in [-0.25, -0.2) is 0 Å². The van der Waals surface area contributed by atoms with Crippen molar-refractivity contribution in [3.05, 3.63) is 35.9 Å². The van der Waals surface area contributed by atoms with Crippen LogP contribution in [0.25, 0.3) is 0 Å². The Balaban J connectivity index is 2.62. The Kier molecular flexibility index (Phi) is 8.26. The third kappa shape index (κ3) is 5.88. The van der Waals surface area contributed by atoms with Crippen LogP contribution in [-0.4, -0.2) is 35.8 Å². The van der Waals surface area contributed by atoms with Crippen molar-refractivity contribution in [2.45, 2.75) is 52.5 Å². The van der Waals surface area contributed by atoms with Crippen molar-refractivity contribution in [2.24, 2.45) is 0 Å². The van der Waals surface area contributed by atoms with Crippen molar-refractivity contribution in [1.82, 2.24) is 10.2 Å². The molecule has 0 saturated carbocycles. The summed E-state index contributed by atoms with van der Waals surface area (Å²) >= 11 is 0. The van der Waals surface area contributed by atoms with Crippen LogP contribution in [0, 0.1) is 0 Å². The van der Waals surface area contributed by atoms with Crippen LogP contribution in [-0.2, 0) is 16.0 Å². The lowest BCUT2D eigenvalue weighted by molar-refractivity contribution is -0.139. The van der Waals surface area contributed by atoms with Crippen LogP contribution in [0.2, 0.25) is 0 Å². The van der Waals surface area contributed by atoms with Gasteiger partial charge in [-0.05, 0) is 25.3 Å². The second-order valence-electron chi connectivity index (χ2n) is 5.50. The van der Waals surface area contributed by atoms with E-state index >= 15 is 0 Å². The van der Waals surface area contributed by atoms with Gasteiger partial charge in [0.2, 0.25) is 11.8 Å². The van der Waals surface area contributed by atoms with Gasteiger partial charge in [0.25, 0.3) is 0 Å². The average Bonchev–Trinajstić information content (AvgIpc) is 2.55. The molecule has 1 aromatic carbocycles. The van der Waals surface area contributed by atoms with Gasteiger partial charge >= 0.3 is 0 Å². The molecule has 0 heterocycles. The Morgan fingerprint density at radius 2 is 1.86 bits per heavy atom. The van der Waals surface area contributed by atoms with Crippen LogP contribution in [0.15, 0.2) is 30.3 Å². The zero-order valence-corrected chi connectivity index (χ0v) is 14.0. The minimum absolute atomic E-state index is 0.0223. The van der Waals surface area contributed by atoms with Gasteiger partial charge in [0.05, 0.1) is 0 Å². The Labute approximate surface area is 133 Å². The van der Waals surface area contributed by atoms with E-state index in [9.17, 15) is 9.59 Å². The molecule has 22 heavy (non-hydrogen) atoms. The van der Waals surface area contributed by atoms with E-state index in [2.05, 4.69) is 12.2 Å². The highest BCUT2D eigenvalue weighted by Crippen LogP contribution is 2.07. The molecule has 0 aromatic heterocycles. The van der Waals surface area contributed by atoms with E-state index in [-0.39, 0.29) is 11.8 Å². The topological polar surface area (TPSA) is 49.4 Å². The zero-order valence-electron chi connectivity index (χ0n) is 14.0. The molecule has 2 amide bonds. The third-order valence-electron chi connectivity index (χ3n) is 3.78. The minimum Gasteiger partial charge on any atom is -0.354 e. The average molecular weight is 304 g/mol. The van der Waals surface area contributed by atoms with E-state index < -0.39 is 6.04 Å². The maximum atomic E-state index is 12.2. The number of carbonyl (C=O) groups is 2. The number of carbonyl (C=O) groups excluding carboxylic acids is 2. The maximum absolute atomic E-state index is 12.2. The Morgan fingerprint density at radius 1 is 1.18 bits per heavy atom. The summed E-state index contributed by atoms with van der Waals surface area (Å²) in [6.45, 7) is 6.97. The van der Waals surface area contributed by atoms with Crippen molar-refractivity contribution >= 4 is 11.8 Å². The fourth-order valence-corrected chi connectivity index (χ4v) is 2.31. The van der Waals surface area contributed by atoms with Gasteiger partial charge in [-0.1, -0.05) is 50.6 Å². The fraction of sp³-hybridized carbons (Fsp3) is 0.556. The highest BCUT2D eigenvalue weighted by Gasteiger charge is 2.24. The molecule has 1 rings (SSSR count). The molecule has 0 fully saturated rings. The number of nitrogens with one attached hydrogen (secondary N) is 1. The zero-order chi connectivity index (χ0) is 16.4. The van der Waals surface area contributed by atoms with E-state index in [1.807, 2.05) is 37.3 Å². The molecule has 1 aromatic rings. The van der Waals surface area contributed by atoms with Crippen molar-refractivity contribution in [3.63, 3.8) is 0 Å². The number of benzene rings is 1. The summed E-state index contributed by atoms with van der Waals surface area (Å²) in [4.78, 5) is 26.0. The second-order valence-corrected chi connectivity index (χ2v) is 5.50. The van der Waals surface area contributed by atoms with E-state index in [0.29, 0.717) is 19.5 Å². The van der Waals surface area contributed by atoms with Gasteiger partial charge in [-0.2, -0.15) is 0 Å². The predicted octanol–water partition coefficient (Wildman–Crippen LogP) is 2.77. The van der Waals surface area contributed by atoms with Crippen molar-refractivity contribution in [1.29, 1.82) is 0 Å². The molecule has 1 atom stereocenters. The Bertz CT molecular complexity index is 459. The monoisotopic (exact) mass is 304 g/mol. The van der Waals surface area contributed by atoms with Crippen LogP contribution >= 0.6 is 0 Å². The molecule has 1 unspecified atom stereocenters. The summed E-state index contributed by atoms with van der Waals surface area (Å²) in [5, 5.41) is 2.91. The molecule has 0 radical (unpaired) electrons. The van der Waals surface area contributed by atoms with Gasteiger partial charge in [0, 0.05) is 19.5 Å². The molecule has 0 aliphatic rings. The van der Waals surface area contributed by atoms with Gasteiger partial charge in [0.1, 0.15) is 6.04 Å². The summed E-state index contributed by atoms with van der Waals surface area (Å²) in [6.07, 6.45) is 3.19. The van der Waals surface area contributed by atoms with Crippen LogP contribution in [0.1, 0.15) is 45.6 Å². The highest BCUT2D eigenvalue weighted by molar-refractivity contribution is 5.87. The summed E-state index contributed by atoms with van der Waals surface area (Å²) in [6, 6.07) is 9.61. The van der Waals surface area contributed by atoms with Crippen LogP contribution in [0.5, 0.6) is 0 Å². The van der Waals surface area contributed by atoms with E-state index in [1.54, 1.807) is 11.8 Å². The molecule has 4 heteroatoms. The Hall–Kier alpha value is -1.84. The first-order valence-electron chi connectivity index (χ1n) is 8.21. The molecule has 0 bridgehead atoms. The number of amides is 2. The number of nitrogens with zero attached hydrogens (tertiary/aromatic N) is 1. The standard InChI is InChI=1S/C18H28N2O2/c1-4-6-13-19-18(22)15(3)20(17(21)5-2)14-12-16-10-8-7-9-11-16/h7-11,15H,4-6,12-14H2,1-3H3,(H,19,22). The normalized spacial score (nSPS) is 11.8. The first kappa shape index (κ1) is 18.2. The molecule has 0 aliphatic heterocycles. The molecule has 0 aliphatic carbocycles. The largest absolute Gasteiger partial charge is 0.354 e. The van der Waals surface area contributed by atoms with Crippen LogP contribution in [0.4, 0.5) is 0 Å². The molecule has 4 nitrogen and oxygen atoms in total. The van der Waals surface area contributed by atoms with Crippen LogP contribution < -0.4 is 5.32 Å². The molecule has 0 spiro atoms. The minimum atomic E-state index is -0.423. The van der Waals surface area contributed by atoms with Gasteiger partial charge in [0.15, 0.2) is 0 Å². The summed E-state index contributed by atoms with van der Waals surface area (Å²) in [5.41, 5.74) is 1.18. The first-order chi connectivity index (χ1) is 10.6. The Morgan fingerprint density at radius 3 is 2.45 bits per heavy atom. The predicted molar refractivity (Wildman–Crippen MR) is 89.5 cm³/mol. The molecule has 1 N–H and O–H groups in total. The van der Waals surface area contributed by atoms with Gasteiger partial charge in [-0.3, -0.25) is 9.59 Å². The number of hydrogen-bond donors (Lipinski definition) is 1. The highest BCUT2D eigenvalue weighted by atomic mass is 16.2. The summed E-state index contributed by atoms with van der Waals surface area (Å²) in [5.74, 6) is -0.0441. The second kappa shape index (κ2) is 9.98. The lowest BCUT2D eigenvalue weighted by Crippen LogP contribution is -2.48. The van der Waals surface area contributed by atoms with Crippen molar-refractivity contribution in [2.75, 3.05) is 13.1 Å². The van der Waals surface area contributed by atoms with E-state index in [0.717, 1.165) is 19.3 Å². The van der Waals surface area contributed by atoms with Crippen molar-refractivity contribution < 1.29 is 9.59 Å². The van der Waals surface area contributed by atoms with E-state index in [4.69, 9.17) is 0 Å². The molecular formula is C18H28N2O2. The summed E-state index contributed by atoms with van der Waals surface area (Å²) < 4.78 is 0. The first-order valence-corrected chi connectivity index (χ1v) is 8.21. The fourth-order valence-electron chi connectivity index (χ4n) is 2.31. The molecule has 122 valence electrons. The van der Waals surface area contributed by atoms with Crippen LogP contribution in [0.3, 0.4) is 0 Å². The smallest absolute Gasteiger partial charge is 0.242 e. The SMILES string of the molecule is CCCCNC(=O)C(C)N(CCc1ccccc1)C(=O)CC. The number of rotatable bonds is 9. The third-order valence-corrected chi connectivity index (χ3v) is 3.78. The molecular weight excluding hydrogens is 276 g/mol. The maximum Gasteiger partial charge on any atom is 0.242 e. The lowest BCUT2D eigenvalue weighted by Gasteiger charge is -2.28. The summed E-state index contributed by atoms with van der Waals surface area (Å²) in [7, 11) is 0. The van der Waals surface area contributed by atoms with Crippen molar-refractivity contribution in [3.8, 4) is 0 Å². The lowest BCUT2D eigenvalue weighted by atomic mass is 10.1. The number of unbranched alkanes of at least 4 members (excludes halogenated alkanes) is 1. The van der Waals surface area contributed by atoms with E-state index in [1.165, 1.54) is 5.56 Å². The van der Waals surface area contributed by atoms with Gasteiger partial charge in [-0.15, -0.1) is 0 Å².